The maximum atomic E-state index is 11.1. The Labute approximate surface area is 60.1 Å². The monoisotopic (exact) mass is 134 g/mol. The molecular formula is C9H10O. The summed E-state index contributed by atoms with van der Waals surface area (Å²) in [4.78, 5) is 11.1. The highest BCUT2D eigenvalue weighted by Crippen LogP contribution is 2.60. The molecule has 0 aromatic carbocycles. The van der Waals surface area contributed by atoms with E-state index in [1.165, 1.54) is 12.8 Å². The Hall–Kier alpha value is -0.590. The summed E-state index contributed by atoms with van der Waals surface area (Å²) in [6, 6.07) is 0. The fraction of sp³-hybridized carbons (Fsp3) is 0.667. The molecule has 3 aliphatic carbocycles. The molecule has 0 amide bonds. The molecular weight excluding hydrogens is 124 g/mol. The van der Waals surface area contributed by atoms with Crippen molar-refractivity contribution in [3.8, 4) is 0 Å². The van der Waals surface area contributed by atoms with Crippen LogP contribution in [0.2, 0.25) is 0 Å². The molecule has 0 aromatic heterocycles. The molecule has 0 aromatic rings. The van der Waals surface area contributed by atoms with E-state index in [2.05, 4.69) is 6.08 Å². The van der Waals surface area contributed by atoms with Crippen molar-refractivity contribution in [2.45, 2.75) is 12.8 Å². The third-order valence-electron chi connectivity index (χ3n) is 3.15. The summed E-state index contributed by atoms with van der Waals surface area (Å²) in [5, 5.41) is 0. The minimum absolute atomic E-state index is 0.400. The Morgan fingerprint density at radius 1 is 1.30 bits per heavy atom. The molecule has 0 bridgehead atoms. The molecule has 4 atom stereocenters. The minimum atomic E-state index is 0.400. The van der Waals surface area contributed by atoms with Crippen molar-refractivity contribution < 1.29 is 4.79 Å². The minimum Gasteiger partial charge on any atom is -0.295 e. The fourth-order valence-corrected chi connectivity index (χ4v) is 2.31. The molecule has 1 heteroatoms. The second kappa shape index (κ2) is 1.36. The van der Waals surface area contributed by atoms with Gasteiger partial charge in [0.05, 0.1) is 0 Å². The highest BCUT2D eigenvalue weighted by molar-refractivity contribution is 5.94. The zero-order valence-corrected chi connectivity index (χ0v) is 5.79. The molecule has 0 aliphatic heterocycles. The fourth-order valence-electron chi connectivity index (χ4n) is 2.31. The second-order valence-corrected chi connectivity index (χ2v) is 3.83. The summed E-state index contributed by atoms with van der Waals surface area (Å²) < 4.78 is 0. The maximum Gasteiger partial charge on any atom is 0.158 e. The first kappa shape index (κ1) is 5.11. The zero-order valence-electron chi connectivity index (χ0n) is 5.79. The van der Waals surface area contributed by atoms with Crippen molar-refractivity contribution in [1.82, 2.24) is 0 Å². The number of carbonyl (C=O) groups is 1. The van der Waals surface area contributed by atoms with Gasteiger partial charge in [0.1, 0.15) is 0 Å². The van der Waals surface area contributed by atoms with E-state index in [4.69, 9.17) is 0 Å². The highest BCUT2D eigenvalue weighted by atomic mass is 16.1. The van der Waals surface area contributed by atoms with E-state index in [9.17, 15) is 4.79 Å². The predicted octanol–water partition coefficient (Wildman–Crippen LogP) is 1.40. The van der Waals surface area contributed by atoms with E-state index < -0.39 is 0 Å². The Morgan fingerprint density at radius 3 is 3.10 bits per heavy atom. The van der Waals surface area contributed by atoms with Crippen LogP contribution in [-0.2, 0) is 4.79 Å². The molecule has 0 saturated heterocycles. The Balaban J connectivity index is 1.97. The number of fused-ring (bicyclic) bond motifs is 3. The van der Waals surface area contributed by atoms with E-state index in [1.54, 1.807) is 0 Å². The van der Waals surface area contributed by atoms with Gasteiger partial charge in [-0.25, -0.2) is 0 Å². The molecule has 0 N–H and O–H groups in total. The van der Waals surface area contributed by atoms with Crippen molar-refractivity contribution in [1.29, 1.82) is 0 Å². The molecule has 0 unspecified atom stereocenters. The standard InChI is InChI=1S/C9H10O/c10-9-2-1-5-3-6(5)7-4-8(7)9/h1-2,5-8H,3-4H2/t5-,6+,7-,8-/m0/s1. The number of carbonyl (C=O) groups excluding carboxylic acids is 1. The van der Waals surface area contributed by atoms with Crippen LogP contribution in [0.15, 0.2) is 12.2 Å². The first-order valence-corrected chi connectivity index (χ1v) is 4.08. The molecule has 2 fully saturated rings. The van der Waals surface area contributed by atoms with Crippen molar-refractivity contribution >= 4 is 5.78 Å². The van der Waals surface area contributed by atoms with Gasteiger partial charge in [0.15, 0.2) is 5.78 Å². The van der Waals surface area contributed by atoms with Gasteiger partial charge >= 0.3 is 0 Å². The smallest absolute Gasteiger partial charge is 0.158 e. The van der Waals surface area contributed by atoms with Crippen LogP contribution in [0.5, 0.6) is 0 Å². The lowest BCUT2D eigenvalue weighted by Gasteiger charge is -1.87. The largest absolute Gasteiger partial charge is 0.295 e. The summed E-state index contributed by atoms with van der Waals surface area (Å²) in [7, 11) is 0. The molecule has 0 heterocycles. The third-order valence-corrected chi connectivity index (χ3v) is 3.15. The van der Waals surface area contributed by atoms with Crippen LogP contribution < -0.4 is 0 Å². The van der Waals surface area contributed by atoms with Gasteiger partial charge in [0.25, 0.3) is 0 Å². The highest BCUT2D eigenvalue weighted by Gasteiger charge is 2.56. The van der Waals surface area contributed by atoms with E-state index >= 15 is 0 Å². The zero-order chi connectivity index (χ0) is 6.72. The molecule has 3 aliphatic rings. The number of ketones is 1. The van der Waals surface area contributed by atoms with Crippen LogP contribution in [0.1, 0.15) is 12.8 Å². The van der Waals surface area contributed by atoms with Gasteiger partial charge < -0.3 is 0 Å². The van der Waals surface area contributed by atoms with E-state index in [0.717, 1.165) is 17.8 Å². The van der Waals surface area contributed by atoms with Crippen molar-refractivity contribution in [2.24, 2.45) is 23.7 Å². The van der Waals surface area contributed by atoms with E-state index in [-0.39, 0.29) is 0 Å². The normalized spacial score (nSPS) is 55.0. The van der Waals surface area contributed by atoms with Gasteiger partial charge in [-0.1, -0.05) is 6.08 Å². The van der Waals surface area contributed by atoms with Gasteiger partial charge in [-0.15, -0.1) is 0 Å². The molecule has 2 saturated carbocycles. The Bertz CT molecular complexity index is 229. The lowest BCUT2D eigenvalue weighted by molar-refractivity contribution is -0.116. The lowest BCUT2D eigenvalue weighted by Crippen LogP contribution is -1.96. The first-order valence-electron chi connectivity index (χ1n) is 4.08. The Morgan fingerprint density at radius 2 is 2.20 bits per heavy atom. The molecule has 0 radical (unpaired) electrons. The van der Waals surface area contributed by atoms with Gasteiger partial charge in [0.2, 0.25) is 0 Å². The SMILES string of the molecule is O=C1C=C[C@H]2C[C@H]2[C@@H]2C[C@H]12. The number of hydrogen-bond donors (Lipinski definition) is 0. The van der Waals surface area contributed by atoms with Crippen molar-refractivity contribution in [2.75, 3.05) is 0 Å². The van der Waals surface area contributed by atoms with Gasteiger partial charge in [-0.05, 0) is 36.7 Å². The van der Waals surface area contributed by atoms with Crippen LogP contribution in [-0.4, -0.2) is 5.78 Å². The number of allylic oxidation sites excluding steroid dienone is 2. The second-order valence-electron chi connectivity index (χ2n) is 3.83. The lowest BCUT2D eigenvalue weighted by atomic mass is 10.2. The van der Waals surface area contributed by atoms with Crippen LogP contribution in [0.25, 0.3) is 0 Å². The molecule has 0 spiro atoms. The van der Waals surface area contributed by atoms with Crippen LogP contribution in [0, 0.1) is 23.7 Å². The average Bonchev–Trinajstić information content (AvgIpc) is 2.71. The van der Waals surface area contributed by atoms with E-state index in [1.807, 2.05) is 6.08 Å². The third kappa shape index (κ3) is 0.511. The molecule has 3 rings (SSSR count). The number of rotatable bonds is 0. The summed E-state index contributed by atoms with van der Waals surface area (Å²) in [6.07, 6.45) is 6.51. The van der Waals surface area contributed by atoms with Gasteiger partial charge in [0, 0.05) is 5.92 Å². The van der Waals surface area contributed by atoms with Gasteiger partial charge in [-0.3, -0.25) is 4.79 Å². The molecule has 52 valence electrons. The quantitative estimate of drug-likeness (QED) is 0.489. The van der Waals surface area contributed by atoms with Gasteiger partial charge in [-0.2, -0.15) is 0 Å². The van der Waals surface area contributed by atoms with Crippen molar-refractivity contribution in [3.05, 3.63) is 12.2 Å². The summed E-state index contributed by atoms with van der Waals surface area (Å²) in [6.45, 7) is 0. The topological polar surface area (TPSA) is 17.1 Å². The molecule has 10 heavy (non-hydrogen) atoms. The van der Waals surface area contributed by atoms with Crippen LogP contribution >= 0.6 is 0 Å². The van der Waals surface area contributed by atoms with E-state index in [0.29, 0.717) is 11.7 Å². The predicted molar refractivity (Wildman–Crippen MR) is 37.3 cm³/mol. The average molecular weight is 134 g/mol. The number of hydrogen-bond acceptors (Lipinski definition) is 1. The molecule has 1 nitrogen and oxygen atoms in total. The first-order chi connectivity index (χ1) is 4.86. The van der Waals surface area contributed by atoms with Crippen molar-refractivity contribution in [3.63, 3.8) is 0 Å². The van der Waals surface area contributed by atoms with Crippen LogP contribution in [0.3, 0.4) is 0 Å². The summed E-state index contributed by atoms with van der Waals surface area (Å²) in [5.74, 6) is 3.35. The Kier molecular flexibility index (Phi) is 0.697. The summed E-state index contributed by atoms with van der Waals surface area (Å²) >= 11 is 0. The summed E-state index contributed by atoms with van der Waals surface area (Å²) in [5.41, 5.74) is 0. The maximum absolute atomic E-state index is 11.1. The van der Waals surface area contributed by atoms with Crippen LogP contribution in [0.4, 0.5) is 0 Å².